The lowest BCUT2D eigenvalue weighted by Crippen LogP contribution is -2.41. The van der Waals surface area contributed by atoms with Crippen LogP contribution in [0.4, 0.5) is 11.4 Å². The van der Waals surface area contributed by atoms with Crippen molar-refractivity contribution in [2.24, 2.45) is 5.92 Å². The number of nitrogens with one attached hydrogen (secondary N) is 2. The fraction of sp³-hybridized carbons (Fsp3) is 0.385. The number of amides is 2. The molecule has 2 N–H and O–H groups in total. The van der Waals surface area contributed by atoms with Crippen LogP contribution in [0, 0.1) is 5.92 Å². The van der Waals surface area contributed by atoms with Crippen molar-refractivity contribution in [1.29, 1.82) is 0 Å². The van der Waals surface area contributed by atoms with Crippen LogP contribution in [-0.2, 0) is 10.2 Å². The van der Waals surface area contributed by atoms with Crippen LogP contribution in [-0.4, -0.2) is 48.4 Å². The molecule has 6 nitrogen and oxygen atoms in total. The van der Waals surface area contributed by atoms with E-state index in [9.17, 15) is 9.59 Å². The Balaban J connectivity index is 1.42. The van der Waals surface area contributed by atoms with Gasteiger partial charge in [0.2, 0.25) is 5.91 Å². The first-order valence-electron chi connectivity index (χ1n) is 11.4. The maximum absolute atomic E-state index is 13.3. The Morgan fingerprint density at radius 1 is 1.16 bits per heavy atom. The number of carbonyl (C=O) groups is 2. The van der Waals surface area contributed by atoms with Gasteiger partial charge in [0.05, 0.1) is 11.1 Å². The summed E-state index contributed by atoms with van der Waals surface area (Å²) in [5.41, 5.74) is 3.60. The Hall–Kier alpha value is -3.12. The van der Waals surface area contributed by atoms with Gasteiger partial charge in [-0.3, -0.25) is 9.59 Å². The van der Waals surface area contributed by atoms with Gasteiger partial charge < -0.3 is 20.1 Å². The van der Waals surface area contributed by atoms with Crippen LogP contribution < -0.4 is 10.2 Å². The molecule has 3 heterocycles. The number of carbonyl (C=O) groups excluding carboxylic acids is 2. The highest BCUT2D eigenvalue weighted by Gasteiger charge is 2.44. The molecule has 1 aromatic heterocycles. The minimum Gasteiger partial charge on any atom is -0.359 e. The molecule has 2 aliphatic rings. The minimum atomic E-state index is -0.577. The van der Waals surface area contributed by atoms with E-state index >= 15 is 0 Å². The molecular formula is C26H30N4O2. The van der Waals surface area contributed by atoms with Crippen LogP contribution in [0.15, 0.2) is 48.7 Å². The fourth-order valence-electron chi connectivity index (χ4n) is 5.04. The zero-order valence-corrected chi connectivity index (χ0v) is 18.9. The van der Waals surface area contributed by atoms with Gasteiger partial charge in [-0.25, -0.2) is 0 Å². The van der Waals surface area contributed by atoms with Gasteiger partial charge in [-0.15, -0.1) is 0 Å². The summed E-state index contributed by atoms with van der Waals surface area (Å²) in [7, 11) is 2.15. The van der Waals surface area contributed by atoms with Gasteiger partial charge >= 0.3 is 0 Å². The molecule has 0 atom stereocenters. The zero-order valence-electron chi connectivity index (χ0n) is 18.9. The number of fused-ring (bicyclic) bond motifs is 2. The summed E-state index contributed by atoms with van der Waals surface area (Å²) in [5, 5.41) is 4.00. The topological polar surface area (TPSA) is 68.4 Å². The molecule has 1 fully saturated rings. The summed E-state index contributed by atoms with van der Waals surface area (Å²) in [6.07, 6.45) is 4.00. The maximum Gasteiger partial charge on any atom is 0.255 e. The highest BCUT2D eigenvalue weighted by atomic mass is 16.2. The molecule has 2 amide bonds. The highest BCUT2D eigenvalue weighted by molar-refractivity contribution is 6.12. The van der Waals surface area contributed by atoms with Crippen molar-refractivity contribution < 1.29 is 9.59 Å². The fourth-order valence-corrected chi connectivity index (χ4v) is 5.04. The highest BCUT2D eigenvalue weighted by Crippen LogP contribution is 2.43. The third-order valence-corrected chi connectivity index (χ3v) is 7.12. The molecule has 6 heteroatoms. The van der Waals surface area contributed by atoms with Gasteiger partial charge in [0.15, 0.2) is 0 Å². The summed E-state index contributed by atoms with van der Waals surface area (Å²) >= 11 is 0. The van der Waals surface area contributed by atoms with E-state index < -0.39 is 5.41 Å². The monoisotopic (exact) mass is 430 g/mol. The number of hydrogen-bond donors (Lipinski definition) is 2. The van der Waals surface area contributed by atoms with Crippen molar-refractivity contribution in [2.45, 2.75) is 32.1 Å². The molecule has 3 aromatic rings. The molecule has 0 unspecified atom stereocenters. The first-order chi connectivity index (χ1) is 15.3. The number of nitrogens with zero attached hydrogens (tertiary/aromatic N) is 2. The van der Waals surface area contributed by atoms with Crippen LogP contribution in [0.1, 0.15) is 42.6 Å². The molecule has 5 rings (SSSR count). The Morgan fingerprint density at radius 3 is 2.69 bits per heavy atom. The van der Waals surface area contributed by atoms with Crippen LogP contribution >= 0.6 is 0 Å². The lowest BCUT2D eigenvalue weighted by Gasteiger charge is -2.32. The number of benzene rings is 2. The minimum absolute atomic E-state index is 0.126. The number of aromatic nitrogens is 1. The second-order valence-corrected chi connectivity index (χ2v) is 9.72. The largest absolute Gasteiger partial charge is 0.359 e. The van der Waals surface area contributed by atoms with E-state index in [1.807, 2.05) is 67.4 Å². The van der Waals surface area contributed by atoms with E-state index in [0.717, 1.165) is 60.3 Å². The van der Waals surface area contributed by atoms with Crippen molar-refractivity contribution in [1.82, 2.24) is 9.88 Å². The van der Waals surface area contributed by atoms with Gasteiger partial charge in [0, 0.05) is 34.9 Å². The lowest BCUT2D eigenvalue weighted by molar-refractivity contribution is -0.122. The van der Waals surface area contributed by atoms with Crippen LogP contribution in [0.25, 0.3) is 10.9 Å². The molecule has 0 saturated carbocycles. The number of rotatable bonds is 4. The van der Waals surface area contributed by atoms with Crippen molar-refractivity contribution >= 4 is 34.1 Å². The van der Waals surface area contributed by atoms with Gasteiger partial charge in [-0.05, 0) is 76.5 Å². The average Bonchev–Trinajstić information content (AvgIpc) is 3.27. The summed E-state index contributed by atoms with van der Waals surface area (Å²) in [5.74, 6) is 0.440. The van der Waals surface area contributed by atoms with Crippen LogP contribution in [0.5, 0.6) is 0 Å². The van der Waals surface area contributed by atoms with Crippen LogP contribution in [0.2, 0.25) is 0 Å². The number of H-pyrrole nitrogens is 1. The standard InChI is InChI=1S/C26H30N4O2/c1-26(2)20-9-8-18(24(31)28-22-15-27-21-7-5-4-6-19(21)22)14-23(20)30(25(26)32)16-17-10-12-29(3)13-11-17/h4-9,14-15,17,27H,10-13,16H2,1-3H3,(H,28,31). The average molecular weight is 431 g/mol. The molecule has 32 heavy (non-hydrogen) atoms. The lowest BCUT2D eigenvalue weighted by atomic mass is 9.86. The van der Waals surface area contributed by atoms with Crippen molar-refractivity contribution in [3.05, 3.63) is 59.8 Å². The van der Waals surface area contributed by atoms with E-state index in [1.165, 1.54) is 0 Å². The smallest absolute Gasteiger partial charge is 0.255 e. The van der Waals surface area contributed by atoms with E-state index in [2.05, 4.69) is 22.2 Å². The number of likely N-dealkylation sites (tertiary alicyclic amines) is 1. The molecule has 0 aliphatic carbocycles. The Bertz CT molecular complexity index is 1190. The van der Waals surface area contributed by atoms with Crippen molar-refractivity contribution in [3.8, 4) is 0 Å². The number of aromatic amines is 1. The Labute approximate surface area is 188 Å². The molecule has 0 radical (unpaired) electrons. The number of piperidine rings is 1. The van der Waals surface area contributed by atoms with Gasteiger partial charge in [-0.2, -0.15) is 0 Å². The van der Waals surface area contributed by atoms with E-state index in [4.69, 9.17) is 0 Å². The maximum atomic E-state index is 13.3. The van der Waals surface area contributed by atoms with Gasteiger partial charge in [0.25, 0.3) is 5.91 Å². The quantitative estimate of drug-likeness (QED) is 0.645. The Kier molecular flexibility index (Phi) is 5.05. The molecule has 166 valence electrons. The predicted molar refractivity (Wildman–Crippen MR) is 128 cm³/mol. The summed E-state index contributed by atoms with van der Waals surface area (Å²) < 4.78 is 0. The predicted octanol–water partition coefficient (Wildman–Crippen LogP) is 4.39. The van der Waals surface area contributed by atoms with Crippen molar-refractivity contribution in [3.63, 3.8) is 0 Å². The SMILES string of the molecule is CN1CCC(CN2C(=O)C(C)(C)c3ccc(C(=O)Nc4c[nH]c5ccccc45)cc32)CC1. The van der Waals surface area contributed by atoms with E-state index in [1.54, 1.807) is 0 Å². The molecule has 0 spiro atoms. The first-order valence-corrected chi connectivity index (χ1v) is 11.4. The first kappa shape index (κ1) is 20.8. The van der Waals surface area contributed by atoms with E-state index in [0.29, 0.717) is 11.5 Å². The molecule has 0 bridgehead atoms. The second-order valence-electron chi connectivity index (χ2n) is 9.72. The van der Waals surface area contributed by atoms with E-state index in [-0.39, 0.29) is 11.8 Å². The number of hydrogen-bond acceptors (Lipinski definition) is 3. The molecule has 2 aromatic carbocycles. The molecule has 1 saturated heterocycles. The van der Waals surface area contributed by atoms with Crippen molar-refractivity contribution in [2.75, 3.05) is 36.9 Å². The molecular weight excluding hydrogens is 400 g/mol. The number of para-hydroxylation sites is 1. The van der Waals surface area contributed by atoms with Gasteiger partial charge in [-0.1, -0.05) is 24.3 Å². The Morgan fingerprint density at radius 2 is 1.91 bits per heavy atom. The van der Waals surface area contributed by atoms with Crippen LogP contribution in [0.3, 0.4) is 0 Å². The molecule has 2 aliphatic heterocycles. The normalized spacial score (nSPS) is 18.8. The third-order valence-electron chi connectivity index (χ3n) is 7.12. The van der Waals surface area contributed by atoms with Gasteiger partial charge in [0.1, 0.15) is 0 Å². The number of anilines is 2. The summed E-state index contributed by atoms with van der Waals surface area (Å²) in [6.45, 7) is 6.81. The third kappa shape index (κ3) is 3.48. The summed E-state index contributed by atoms with van der Waals surface area (Å²) in [4.78, 5) is 33.9. The second kappa shape index (κ2) is 7.78. The summed E-state index contributed by atoms with van der Waals surface area (Å²) in [6, 6.07) is 13.5. The zero-order chi connectivity index (χ0) is 22.5.